The fraction of sp³-hybridized carbons (Fsp3) is 0.857. The van der Waals surface area contributed by atoms with Crippen molar-refractivity contribution < 1.29 is 0 Å². The molecular weight excluding hydrogens is 98.1 g/mol. The molecule has 0 N–H and O–H groups in total. The summed E-state index contributed by atoms with van der Waals surface area (Å²) in [5.74, 6) is 0.868. The van der Waals surface area contributed by atoms with E-state index in [1.807, 2.05) is 0 Å². The average molecular weight is 111 g/mol. The SMILES string of the molecule is C=NC1CCC1CC. The lowest BCUT2D eigenvalue weighted by Crippen LogP contribution is -2.28. The fourth-order valence-corrected chi connectivity index (χ4v) is 1.27. The molecule has 0 aromatic carbocycles. The molecule has 0 aliphatic heterocycles. The van der Waals surface area contributed by atoms with Crippen molar-refractivity contribution in [2.45, 2.75) is 32.2 Å². The molecule has 1 fully saturated rings. The van der Waals surface area contributed by atoms with E-state index in [4.69, 9.17) is 0 Å². The Morgan fingerprint density at radius 2 is 2.38 bits per heavy atom. The number of hydrogen-bond acceptors (Lipinski definition) is 1. The van der Waals surface area contributed by atoms with E-state index in [-0.39, 0.29) is 0 Å². The first-order valence-electron chi connectivity index (χ1n) is 3.34. The summed E-state index contributed by atoms with van der Waals surface area (Å²) in [6.07, 6.45) is 3.94. The highest BCUT2D eigenvalue weighted by molar-refractivity contribution is 5.25. The van der Waals surface area contributed by atoms with Crippen molar-refractivity contribution in [1.29, 1.82) is 0 Å². The fourth-order valence-electron chi connectivity index (χ4n) is 1.27. The van der Waals surface area contributed by atoms with Gasteiger partial charge in [0, 0.05) is 0 Å². The number of rotatable bonds is 2. The summed E-state index contributed by atoms with van der Waals surface area (Å²) < 4.78 is 0. The second-order valence-electron chi connectivity index (χ2n) is 2.50. The summed E-state index contributed by atoms with van der Waals surface area (Å²) in [7, 11) is 0. The van der Waals surface area contributed by atoms with E-state index < -0.39 is 0 Å². The largest absolute Gasteiger partial charge is 0.297 e. The highest BCUT2D eigenvalue weighted by Gasteiger charge is 2.27. The minimum Gasteiger partial charge on any atom is -0.297 e. The monoisotopic (exact) mass is 111 g/mol. The maximum Gasteiger partial charge on any atom is 0.0520 e. The van der Waals surface area contributed by atoms with Gasteiger partial charge in [-0.05, 0) is 25.5 Å². The quantitative estimate of drug-likeness (QED) is 0.482. The van der Waals surface area contributed by atoms with Crippen LogP contribution in [-0.2, 0) is 0 Å². The first-order chi connectivity index (χ1) is 3.88. The van der Waals surface area contributed by atoms with Crippen LogP contribution in [0.5, 0.6) is 0 Å². The Balaban J connectivity index is 2.26. The van der Waals surface area contributed by atoms with E-state index >= 15 is 0 Å². The molecule has 2 atom stereocenters. The van der Waals surface area contributed by atoms with E-state index in [2.05, 4.69) is 18.6 Å². The molecule has 1 aliphatic carbocycles. The van der Waals surface area contributed by atoms with Crippen molar-refractivity contribution >= 4 is 6.72 Å². The van der Waals surface area contributed by atoms with Crippen LogP contribution >= 0.6 is 0 Å². The van der Waals surface area contributed by atoms with E-state index in [1.54, 1.807) is 0 Å². The van der Waals surface area contributed by atoms with E-state index in [1.165, 1.54) is 19.3 Å². The van der Waals surface area contributed by atoms with Gasteiger partial charge in [-0.25, -0.2) is 0 Å². The lowest BCUT2D eigenvalue weighted by Gasteiger charge is -2.32. The van der Waals surface area contributed by atoms with Crippen LogP contribution in [0.3, 0.4) is 0 Å². The summed E-state index contributed by atoms with van der Waals surface area (Å²) in [4.78, 5) is 4.00. The molecule has 0 spiro atoms. The third-order valence-electron chi connectivity index (χ3n) is 2.14. The second-order valence-corrected chi connectivity index (χ2v) is 2.50. The summed E-state index contributed by atoms with van der Waals surface area (Å²) >= 11 is 0. The third kappa shape index (κ3) is 0.770. The Morgan fingerprint density at radius 1 is 1.62 bits per heavy atom. The highest BCUT2D eigenvalue weighted by Crippen LogP contribution is 2.32. The van der Waals surface area contributed by atoms with Crippen LogP contribution < -0.4 is 0 Å². The van der Waals surface area contributed by atoms with Crippen LogP contribution in [0, 0.1) is 5.92 Å². The van der Waals surface area contributed by atoms with Crippen LogP contribution in [0.1, 0.15) is 26.2 Å². The van der Waals surface area contributed by atoms with Crippen LogP contribution in [0.4, 0.5) is 0 Å². The molecule has 46 valence electrons. The lowest BCUT2D eigenvalue weighted by atomic mass is 9.78. The van der Waals surface area contributed by atoms with Crippen molar-refractivity contribution in [2.24, 2.45) is 10.9 Å². The van der Waals surface area contributed by atoms with Crippen molar-refractivity contribution in [1.82, 2.24) is 0 Å². The number of hydrogen-bond donors (Lipinski definition) is 0. The molecule has 0 amide bonds. The first-order valence-corrected chi connectivity index (χ1v) is 3.34. The molecule has 0 aromatic heterocycles. The summed E-state index contributed by atoms with van der Waals surface area (Å²) in [5.41, 5.74) is 0. The highest BCUT2D eigenvalue weighted by atomic mass is 14.8. The first kappa shape index (κ1) is 5.80. The van der Waals surface area contributed by atoms with E-state index in [0.29, 0.717) is 6.04 Å². The average Bonchev–Trinajstić information content (AvgIpc) is 1.66. The van der Waals surface area contributed by atoms with Gasteiger partial charge in [-0.2, -0.15) is 0 Å². The topological polar surface area (TPSA) is 12.4 Å². The van der Waals surface area contributed by atoms with E-state index in [0.717, 1.165) is 5.92 Å². The Bertz CT molecular complexity index is 86.4. The standard InChI is InChI=1S/C7H13N/c1-3-6-4-5-7(6)8-2/h6-7H,2-5H2,1H3. The normalized spacial score (nSPS) is 36.1. The molecule has 1 rings (SSSR count). The molecule has 1 aliphatic rings. The minimum absolute atomic E-state index is 0.611. The van der Waals surface area contributed by atoms with Crippen molar-refractivity contribution in [2.75, 3.05) is 0 Å². The van der Waals surface area contributed by atoms with Crippen LogP contribution in [0.25, 0.3) is 0 Å². The number of nitrogens with zero attached hydrogens (tertiary/aromatic N) is 1. The zero-order valence-corrected chi connectivity index (χ0v) is 5.43. The Morgan fingerprint density at radius 3 is 2.50 bits per heavy atom. The molecule has 8 heavy (non-hydrogen) atoms. The van der Waals surface area contributed by atoms with E-state index in [9.17, 15) is 0 Å². The summed E-state index contributed by atoms with van der Waals surface area (Å²) in [6.45, 7) is 5.76. The molecular formula is C7H13N. The van der Waals surface area contributed by atoms with Gasteiger partial charge < -0.3 is 0 Å². The Kier molecular flexibility index (Phi) is 1.66. The van der Waals surface area contributed by atoms with Gasteiger partial charge in [0.25, 0.3) is 0 Å². The van der Waals surface area contributed by atoms with Crippen LogP contribution in [0.2, 0.25) is 0 Å². The second kappa shape index (κ2) is 2.29. The van der Waals surface area contributed by atoms with Gasteiger partial charge in [0.1, 0.15) is 0 Å². The smallest absolute Gasteiger partial charge is 0.0520 e. The van der Waals surface area contributed by atoms with Gasteiger partial charge in [0.05, 0.1) is 6.04 Å². The lowest BCUT2D eigenvalue weighted by molar-refractivity contribution is 0.253. The predicted molar refractivity (Wildman–Crippen MR) is 36.4 cm³/mol. The zero-order chi connectivity index (χ0) is 5.98. The Labute approximate surface area is 50.8 Å². The third-order valence-corrected chi connectivity index (χ3v) is 2.14. The molecule has 1 saturated carbocycles. The van der Waals surface area contributed by atoms with Crippen molar-refractivity contribution in [3.05, 3.63) is 0 Å². The van der Waals surface area contributed by atoms with Gasteiger partial charge in [0.15, 0.2) is 0 Å². The molecule has 0 aromatic rings. The van der Waals surface area contributed by atoms with Gasteiger partial charge in [0.2, 0.25) is 0 Å². The van der Waals surface area contributed by atoms with Crippen LogP contribution in [0.15, 0.2) is 4.99 Å². The molecule has 0 heterocycles. The molecule has 0 bridgehead atoms. The maximum absolute atomic E-state index is 4.00. The molecule has 1 heteroatoms. The number of aliphatic imine (C=N–C) groups is 1. The summed E-state index contributed by atoms with van der Waals surface area (Å²) in [6, 6.07) is 0.611. The van der Waals surface area contributed by atoms with Gasteiger partial charge in [-0.3, -0.25) is 4.99 Å². The van der Waals surface area contributed by atoms with Gasteiger partial charge in [-0.15, -0.1) is 0 Å². The zero-order valence-electron chi connectivity index (χ0n) is 5.43. The predicted octanol–water partition coefficient (Wildman–Crippen LogP) is 1.88. The van der Waals surface area contributed by atoms with Crippen molar-refractivity contribution in [3.63, 3.8) is 0 Å². The molecule has 1 nitrogen and oxygen atoms in total. The minimum atomic E-state index is 0.611. The molecule has 0 saturated heterocycles. The van der Waals surface area contributed by atoms with Gasteiger partial charge >= 0.3 is 0 Å². The van der Waals surface area contributed by atoms with Gasteiger partial charge in [-0.1, -0.05) is 13.3 Å². The summed E-state index contributed by atoms with van der Waals surface area (Å²) in [5, 5.41) is 0. The maximum atomic E-state index is 4.00. The van der Waals surface area contributed by atoms with Crippen molar-refractivity contribution in [3.8, 4) is 0 Å². The Hall–Kier alpha value is -0.330. The molecule has 0 radical (unpaired) electrons. The van der Waals surface area contributed by atoms with Crippen LogP contribution in [-0.4, -0.2) is 12.8 Å². The molecule has 2 unspecified atom stereocenters.